The van der Waals surface area contributed by atoms with E-state index in [4.69, 9.17) is 5.11 Å². The Hall–Kier alpha value is -0.910. The molecule has 3 N–H and O–H groups in total. The second-order valence-electron chi connectivity index (χ2n) is 3.88. The summed E-state index contributed by atoms with van der Waals surface area (Å²) in [6, 6.07) is -0.306. The molecule has 0 aromatic carbocycles. The summed E-state index contributed by atoms with van der Waals surface area (Å²) >= 11 is 1.82. The first kappa shape index (κ1) is 13.2. The highest BCUT2D eigenvalue weighted by atomic mass is 32.2. The van der Waals surface area contributed by atoms with Gasteiger partial charge in [0.2, 0.25) is 0 Å². The summed E-state index contributed by atoms with van der Waals surface area (Å²) in [5, 5.41) is 14.2. The summed E-state index contributed by atoms with van der Waals surface area (Å²) in [5.74, 6) is 1.14. The molecule has 1 aliphatic heterocycles. The number of hydrogen-bond donors (Lipinski definition) is 3. The Balaban J connectivity index is 2.27. The number of hydrogen-bond acceptors (Lipinski definition) is 3. The Kier molecular flexibility index (Phi) is 5.45. The number of carboxylic acids is 1. The number of amides is 2. The number of carboxylic acid groups (broad SMARTS) is 1. The molecule has 0 aliphatic carbocycles. The summed E-state index contributed by atoms with van der Waals surface area (Å²) in [5.41, 5.74) is 0. The van der Waals surface area contributed by atoms with Crippen molar-refractivity contribution in [2.45, 2.75) is 38.3 Å². The van der Waals surface area contributed by atoms with Gasteiger partial charge in [-0.2, -0.15) is 11.8 Å². The van der Waals surface area contributed by atoms with E-state index in [0.717, 1.165) is 17.9 Å². The summed E-state index contributed by atoms with van der Waals surface area (Å²) in [7, 11) is 0. The molecule has 2 amide bonds. The van der Waals surface area contributed by atoms with E-state index in [1.54, 1.807) is 0 Å². The predicted octanol–water partition coefficient (Wildman–Crippen LogP) is 1.04. The SMILES string of the molecule is CCC(CC(=O)O)NC(=O)NC1CCSC1. The molecule has 1 saturated heterocycles. The van der Waals surface area contributed by atoms with Crippen molar-refractivity contribution in [1.29, 1.82) is 0 Å². The van der Waals surface area contributed by atoms with Gasteiger partial charge >= 0.3 is 12.0 Å². The Bertz CT molecular complexity index is 254. The molecular formula is C10H18N2O3S. The highest BCUT2D eigenvalue weighted by molar-refractivity contribution is 7.99. The van der Waals surface area contributed by atoms with Crippen molar-refractivity contribution in [3.63, 3.8) is 0 Å². The van der Waals surface area contributed by atoms with E-state index in [0.29, 0.717) is 6.42 Å². The lowest BCUT2D eigenvalue weighted by Gasteiger charge is -2.17. The molecule has 0 aromatic rings. The molecule has 1 fully saturated rings. The van der Waals surface area contributed by atoms with Crippen LogP contribution in [0.15, 0.2) is 0 Å². The van der Waals surface area contributed by atoms with Gasteiger partial charge in [0.05, 0.1) is 6.42 Å². The predicted molar refractivity (Wildman–Crippen MR) is 63.7 cm³/mol. The topological polar surface area (TPSA) is 78.4 Å². The average Bonchev–Trinajstić information content (AvgIpc) is 2.68. The van der Waals surface area contributed by atoms with Gasteiger partial charge in [-0.1, -0.05) is 6.92 Å². The van der Waals surface area contributed by atoms with E-state index in [-0.39, 0.29) is 24.5 Å². The zero-order valence-electron chi connectivity index (χ0n) is 9.36. The van der Waals surface area contributed by atoms with E-state index in [1.807, 2.05) is 18.7 Å². The minimum atomic E-state index is -0.886. The second-order valence-corrected chi connectivity index (χ2v) is 5.03. The van der Waals surface area contributed by atoms with E-state index < -0.39 is 5.97 Å². The van der Waals surface area contributed by atoms with Crippen LogP contribution in [0.1, 0.15) is 26.2 Å². The molecule has 2 atom stereocenters. The Morgan fingerprint density at radius 1 is 1.56 bits per heavy atom. The first-order chi connectivity index (χ1) is 7.61. The van der Waals surface area contributed by atoms with Gasteiger partial charge in [-0.15, -0.1) is 0 Å². The molecule has 0 radical (unpaired) electrons. The van der Waals surface area contributed by atoms with E-state index in [2.05, 4.69) is 10.6 Å². The van der Waals surface area contributed by atoms with Gasteiger partial charge in [0.1, 0.15) is 0 Å². The fourth-order valence-corrected chi connectivity index (χ4v) is 2.72. The molecular weight excluding hydrogens is 228 g/mol. The average molecular weight is 246 g/mol. The van der Waals surface area contributed by atoms with Gasteiger partial charge < -0.3 is 15.7 Å². The third kappa shape index (κ3) is 4.74. The largest absolute Gasteiger partial charge is 0.481 e. The highest BCUT2D eigenvalue weighted by Gasteiger charge is 2.19. The number of carbonyl (C=O) groups is 2. The molecule has 1 rings (SSSR count). The molecule has 92 valence electrons. The van der Waals surface area contributed by atoms with Crippen molar-refractivity contribution >= 4 is 23.8 Å². The molecule has 1 aliphatic rings. The number of urea groups is 1. The lowest BCUT2D eigenvalue weighted by atomic mass is 10.1. The minimum Gasteiger partial charge on any atom is -0.481 e. The Labute approximate surface area is 99.4 Å². The lowest BCUT2D eigenvalue weighted by Crippen LogP contribution is -2.46. The standard InChI is InChI=1S/C10H18N2O3S/c1-2-7(5-9(13)14)11-10(15)12-8-3-4-16-6-8/h7-8H,2-6H2,1H3,(H,13,14)(H2,11,12,15). The lowest BCUT2D eigenvalue weighted by molar-refractivity contribution is -0.137. The van der Waals surface area contributed by atoms with Crippen molar-refractivity contribution in [1.82, 2.24) is 10.6 Å². The first-order valence-electron chi connectivity index (χ1n) is 5.48. The van der Waals surface area contributed by atoms with Gasteiger partial charge in [0.15, 0.2) is 0 Å². The van der Waals surface area contributed by atoms with E-state index in [1.165, 1.54) is 0 Å². The second kappa shape index (κ2) is 6.62. The maximum Gasteiger partial charge on any atom is 0.315 e. The zero-order valence-corrected chi connectivity index (χ0v) is 10.2. The number of nitrogens with one attached hydrogen (secondary N) is 2. The van der Waals surface area contributed by atoms with Gasteiger partial charge in [-0.05, 0) is 18.6 Å². The summed E-state index contributed by atoms with van der Waals surface area (Å²) in [4.78, 5) is 22.0. The van der Waals surface area contributed by atoms with Crippen LogP contribution in [0.5, 0.6) is 0 Å². The molecule has 6 heteroatoms. The van der Waals surface area contributed by atoms with Gasteiger partial charge in [-0.3, -0.25) is 4.79 Å². The van der Waals surface area contributed by atoms with Crippen molar-refractivity contribution in [3.05, 3.63) is 0 Å². The Morgan fingerprint density at radius 2 is 2.31 bits per heavy atom. The summed E-state index contributed by atoms with van der Waals surface area (Å²) < 4.78 is 0. The molecule has 0 aromatic heterocycles. The first-order valence-corrected chi connectivity index (χ1v) is 6.63. The molecule has 0 bridgehead atoms. The highest BCUT2D eigenvalue weighted by Crippen LogP contribution is 2.16. The minimum absolute atomic E-state index is 0.0245. The van der Waals surface area contributed by atoms with Crippen molar-refractivity contribution in [3.8, 4) is 0 Å². The summed E-state index contributed by atoms with van der Waals surface area (Å²) in [6.45, 7) is 1.86. The van der Waals surface area contributed by atoms with Crippen LogP contribution in [-0.4, -0.2) is 40.7 Å². The molecule has 0 spiro atoms. The van der Waals surface area contributed by atoms with Crippen LogP contribution in [0.25, 0.3) is 0 Å². The van der Waals surface area contributed by atoms with Gasteiger partial charge in [0, 0.05) is 17.8 Å². The number of aliphatic carboxylic acids is 1. The van der Waals surface area contributed by atoms with E-state index >= 15 is 0 Å². The van der Waals surface area contributed by atoms with Crippen molar-refractivity contribution in [2.75, 3.05) is 11.5 Å². The molecule has 0 saturated carbocycles. The maximum atomic E-state index is 11.5. The summed E-state index contributed by atoms with van der Waals surface area (Å²) in [6.07, 6.45) is 1.59. The fraction of sp³-hybridized carbons (Fsp3) is 0.800. The van der Waals surface area contributed by atoms with E-state index in [9.17, 15) is 9.59 Å². The monoisotopic (exact) mass is 246 g/mol. The molecule has 2 unspecified atom stereocenters. The van der Waals surface area contributed by atoms with Gasteiger partial charge in [0.25, 0.3) is 0 Å². The molecule has 1 heterocycles. The zero-order chi connectivity index (χ0) is 12.0. The van der Waals surface area contributed by atoms with Crippen LogP contribution < -0.4 is 10.6 Å². The third-order valence-electron chi connectivity index (χ3n) is 2.51. The number of carbonyl (C=O) groups excluding carboxylic acids is 1. The third-order valence-corrected chi connectivity index (χ3v) is 3.68. The van der Waals surface area contributed by atoms with Crippen molar-refractivity contribution < 1.29 is 14.7 Å². The van der Waals surface area contributed by atoms with Crippen LogP contribution in [0, 0.1) is 0 Å². The van der Waals surface area contributed by atoms with Crippen molar-refractivity contribution in [2.24, 2.45) is 0 Å². The van der Waals surface area contributed by atoms with Crippen LogP contribution in [0.2, 0.25) is 0 Å². The molecule has 16 heavy (non-hydrogen) atoms. The Morgan fingerprint density at radius 3 is 2.81 bits per heavy atom. The fourth-order valence-electron chi connectivity index (χ4n) is 1.57. The normalized spacial score (nSPS) is 21.4. The molecule has 5 nitrogen and oxygen atoms in total. The maximum absolute atomic E-state index is 11.5. The van der Waals surface area contributed by atoms with Gasteiger partial charge in [-0.25, -0.2) is 4.79 Å². The van der Waals surface area contributed by atoms with Crippen LogP contribution in [0.3, 0.4) is 0 Å². The quantitative estimate of drug-likeness (QED) is 0.677. The van der Waals surface area contributed by atoms with Crippen LogP contribution >= 0.6 is 11.8 Å². The smallest absolute Gasteiger partial charge is 0.315 e. The number of rotatable bonds is 5. The van der Waals surface area contributed by atoms with Crippen LogP contribution in [-0.2, 0) is 4.79 Å². The number of thioether (sulfide) groups is 1. The van der Waals surface area contributed by atoms with Crippen LogP contribution in [0.4, 0.5) is 4.79 Å².